The van der Waals surface area contributed by atoms with E-state index in [0.29, 0.717) is 23.0 Å². The minimum atomic E-state index is -0.744. The van der Waals surface area contributed by atoms with E-state index in [1.165, 1.54) is 6.07 Å². The van der Waals surface area contributed by atoms with Gasteiger partial charge in [0.2, 0.25) is 5.91 Å². The minimum Gasteiger partial charge on any atom is -0.453 e. The zero-order valence-corrected chi connectivity index (χ0v) is 19.2. The minimum absolute atomic E-state index is 0.110. The molecule has 2 fully saturated rings. The third kappa shape index (κ3) is 4.77. The molecule has 1 atom stereocenters. The molecule has 3 aromatic rings. The number of aromatic nitrogens is 2. The highest BCUT2D eigenvalue weighted by atomic mass is 19.1. The van der Waals surface area contributed by atoms with E-state index in [4.69, 9.17) is 15.2 Å². The number of carbonyl (C=O) groups is 1. The van der Waals surface area contributed by atoms with Gasteiger partial charge in [-0.1, -0.05) is 6.07 Å². The number of nitrogens with one attached hydrogen (secondary N) is 2. The van der Waals surface area contributed by atoms with Crippen molar-refractivity contribution in [2.24, 2.45) is 5.73 Å². The number of H-pyrrole nitrogens is 1. The summed E-state index contributed by atoms with van der Waals surface area (Å²) in [5, 5.41) is 3.88. The Kier molecular flexibility index (Phi) is 6.49. The molecule has 2 aromatic heterocycles. The van der Waals surface area contributed by atoms with Crippen LogP contribution in [0.4, 0.5) is 4.39 Å². The molecule has 4 heterocycles. The molecule has 5 rings (SSSR count). The van der Waals surface area contributed by atoms with Crippen molar-refractivity contribution in [3.8, 4) is 11.5 Å². The number of benzene rings is 1. The molecule has 1 amide bonds. The first kappa shape index (κ1) is 22.8. The van der Waals surface area contributed by atoms with Crippen LogP contribution in [0.3, 0.4) is 0 Å². The number of amides is 1. The van der Waals surface area contributed by atoms with Crippen LogP contribution in [-0.2, 0) is 16.0 Å². The van der Waals surface area contributed by atoms with Gasteiger partial charge in [0.1, 0.15) is 11.4 Å². The predicted octanol–water partition coefficient (Wildman–Crippen LogP) is 2.65. The van der Waals surface area contributed by atoms with E-state index in [1.54, 1.807) is 24.4 Å². The molecule has 9 heteroatoms. The molecule has 0 radical (unpaired) electrons. The maximum Gasteiger partial charge on any atom is 0.237 e. The fraction of sp³-hybridized carbons (Fsp3) is 0.440. The van der Waals surface area contributed by atoms with E-state index < -0.39 is 11.9 Å². The molecule has 2 aliphatic heterocycles. The lowest BCUT2D eigenvalue weighted by Gasteiger charge is -2.41. The van der Waals surface area contributed by atoms with Crippen molar-refractivity contribution in [3.63, 3.8) is 0 Å². The summed E-state index contributed by atoms with van der Waals surface area (Å²) in [6.45, 7) is 5.45. The second-order valence-electron chi connectivity index (χ2n) is 9.19. The fourth-order valence-corrected chi connectivity index (χ4v) is 4.64. The van der Waals surface area contributed by atoms with Crippen molar-refractivity contribution in [1.29, 1.82) is 0 Å². The van der Waals surface area contributed by atoms with E-state index in [9.17, 15) is 9.18 Å². The van der Waals surface area contributed by atoms with Crippen LogP contribution in [-0.4, -0.2) is 65.2 Å². The van der Waals surface area contributed by atoms with Crippen LogP contribution < -0.4 is 15.8 Å². The Morgan fingerprint density at radius 2 is 2.12 bits per heavy atom. The summed E-state index contributed by atoms with van der Waals surface area (Å²) in [6, 6.07) is 6.31. The normalized spacial score (nSPS) is 18.6. The Morgan fingerprint density at radius 1 is 1.32 bits per heavy atom. The van der Waals surface area contributed by atoms with Gasteiger partial charge in [0.05, 0.1) is 30.7 Å². The quantitative estimate of drug-likeness (QED) is 0.493. The van der Waals surface area contributed by atoms with Crippen molar-refractivity contribution >= 4 is 16.9 Å². The third-order valence-electron chi connectivity index (χ3n) is 6.75. The van der Waals surface area contributed by atoms with Crippen molar-refractivity contribution in [3.05, 3.63) is 53.6 Å². The molecule has 0 saturated carbocycles. The zero-order valence-electron chi connectivity index (χ0n) is 19.2. The van der Waals surface area contributed by atoms with E-state index in [2.05, 4.69) is 20.2 Å². The smallest absolute Gasteiger partial charge is 0.237 e. The van der Waals surface area contributed by atoms with Gasteiger partial charge in [-0.05, 0) is 55.5 Å². The van der Waals surface area contributed by atoms with Crippen molar-refractivity contribution in [1.82, 2.24) is 20.2 Å². The second-order valence-corrected chi connectivity index (χ2v) is 9.19. The number of aryl methyl sites for hydroxylation is 1. The van der Waals surface area contributed by atoms with Crippen LogP contribution in [0.5, 0.6) is 11.5 Å². The summed E-state index contributed by atoms with van der Waals surface area (Å²) < 4.78 is 25.9. The molecule has 2 saturated heterocycles. The molecule has 0 aliphatic carbocycles. The Balaban J connectivity index is 1.16. The molecule has 34 heavy (non-hydrogen) atoms. The first-order valence-corrected chi connectivity index (χ1v) is 11.7. The number of nitrogens with zero attached hydrogens (tertiary/aromatic N) is 2. The van der Waals surface area contributed by atoms with Gasteiger partial charge in [0.25, 0.3) is 0 Å². The average molecular weight is 468 g/mol. The van der Waals surface area contributed by atoms with Crippen LogP contribution >= 0.6 is 0 Å². The van der Waals surface area contributed by atoms with Gasteiger partial charge < -0.3 is 25.5 Å². The molecule has 1 unspecified atom stereocenters. The largest absolute Gasteiger partial charge is 0.453 e. The standard InChI is InChI=1S/C25H30FN5O3/c1-15-12-29-24-23(15)22(4-7-28-24)34-21-3-2-16(10-19(21)26)11-20(27)25(32)30-17-5-8-31(9-6-17)18-13-33-14-18/h2-4,7,10,12,17-18,20H,5-6,8-9,11,13-14,27H2,1H3,(H,28,29)(H,30,32). The Bertz CT molecular complexity index is 1170. The van der Waals surface area contributed by atoms with Gasteiger partial charge in [-0.15, -0.1) is 0 Å². The van der Waals surface area contributed by atoms with E-state index in [-0.39, 0.29) is 24.1 Å². The fourth-order valence-electron chi connectivity index (χ4n) is 4.64. The molecule has 180 valence electrons. The van der Waals surface area contributed by atoms with Crippen molar-refractivity contribution in [2.75, 3.05) is 26.3 Å². The number of hydrogen-bond acceptors (Lipinski definition) is 6. The number of piperidine rings is 1. The number of aromatic amines is 1. The molecule has 8 nitrogen and oxygen atoms in total. The van der Waals surface area contributed by atoms with Crippen LogP contribution in [0.25, 0.3) is 11.0 Å². The molecule has 0 bridgehead atoms. The number of rotatable bonds is 7. The molecular formula is C25H30FN5O3. The lowest BCUT2D eigenvalue weighted by Crippen LogP contribution is -2.55. The third-order valence-corrected chi connectivity index (χ3v) is 6.75. The Hall–Kier alpha value is -3.01. The van der Waals surface area contributed by atoms with Crippen LogP contribution in [0.15, 0.2) is 36.7 Å². The van der Waals surface area contributed by atoms with Crippen LogP contribution in [0.2, 0.25) is 0 Å². The van der Waals surface area contributed by atoms with Gasteiger partial charge in [-0.2, -0.15) is 0 Å². The van der Waals surface area contributed by atoms with Crippen molar-refractivity contribution < 1.29 is 18.7 Å². The second kappa shape index (κ2) is 9.69. The number of hydrogen-bond donors (Lipinski definition) is 3. The lowest BCUT2D eigenvalue weighted by molar-refractivity contribution is -0.123. The van der Waals surface area contributed by atoms with Gasteiger partial charge in [-0.25, -0.2) is 9.37 Å². The average Bonchev–Trinajstić information content (AvgIpc) is 3.17. The highest BCUT2D eigenvalue weighted by Gasteiger charge is 2.30. The highest BCUT2D eigenvalue weighted by Crippen LogP contribution is 2.32. The van der Waals surface area contributed by atoms with E-state index in [0.717, 1.165) is 50.1 Å². The topological polar surface area (TPSA) is 106 Å². The van der Waals surface area contributed by atoms with Gasteiger partial charge >= 0.3 is 0 Å². The van der Waals surface area contributed by atoms with Gasteiger partial charge in [0, 0.05) is 31.5 Å². The molecule has 4 N–H and O–H groups in total. The molecule has 1 aromatic carbocycles. The van der Waals surface area contributed by atoms with Crippen molar-refractivity contribution in [2.45, 2.75) is 44.3 Å². The summed E-state index contributed by atoms with van der Waals surface area (Å²) in [7, 11) is 0. The van der Waals surface area contributed by atoms with Gasteiger partial charge in [0.15, 0.2) is 11.6 Å². The number of fused-ring (bicyclic) bond motifs is 1. The number of nitrogens with two attached hydrogens (primary N) is 1. The van der Waals surface area contributed by atoms with E-state index >= 15 is 0 Å². The van der Waals surface area contributed by atoms with E-state index in [1.807, 2.05) is 13.1 Å². The molecular weight excluding hydrogens is 437 g/mol. The summed E-state index contributed by atoms with van der Waals surface area (Å²) in [4.78, 5) is 22.4. The first-order valence-electron chi connectivity index (χ1n) is 11.7. The summed E-state index contributed by atoms with van der Waals surface area (Å²) in [5.41, 5.74) is 8.45. The monoisotopic (exact) mass is 467 g/mol. The summed E-state index contributed by atoms with van der Waals surface area (Å²) in [5.74, 6) is -0.0651. The van der Waals surface area contributed by atoms with Crippen LogP contribution in [0, 0.1) is 12.7 Å². The number of ether oxygens (including phenoxy) is 2. The summed E-state index contributed by atoms with van der Waals surface area (Å²) >= 11 is 0. The van der Waals surface area contributed by atoms with Gasteiger partial charge in [-0.3, -0.25) is 9.69 Å². The van der Waals surface area contributed by atoms with Crippen LogP contribution in [0.1, 0.15) is 24.0 Å². The maximum atomic E-state index is 14.8. The number of carbonyl (C=O) groups excluding carboxylic acids is 1. The highest BCUT2D eigenvalue weighted by molar-refractivity contribution is 5.86. The number of halogens is 1. The molecule has 2 aliphatic rings. The maximum absolute atomic E-state index is 14.8. The lowest BCUT2D eigenvalue weighted by atomic mass is 10.0. The number of pyridine rings is 1. The molecule has 0 spiro atoms. The Labute approximate surface area is 197 Å². The number of likely N-dealkylation sites (tertiary alicyclic amines) is 1. The zero-order chi connectivity index (χ0) is 23.7. The predicted molar refractivity (Wildman–Crippen MR) is 126 cm³/mol. The summed E-state index contributed by atoms with van der Waals surface area (Å²) in [6.07, 6.45) is 5.50. The Morgan fingerprint density at radius 3 is 2.82 bits per heavy atom. The first-order chi connectivity index (χ1) is 16.5. The SMILES string of the molecule is Cc1c[nH]c2nccc(Oc3ccc(CC(N)C(=O)NC4CCN(C5COC5)CC4)cc3F)c12.